The molecule has 1 saturated carbocycles. The Labute approximate surface area is 108 Å². The smallest absolute Gasteiger partial charge is 0.135 e. The molecule has 3 nitrogen and oxygen atoms in total. The lowest BCUT2D eigenvalue weighted by Gasteiger charge is -2.07. The molecular weight excluding hydrogens is 278 g/mol. The Bertz CT molecular complexity index is 523. The number of rotatable bonds is 3. The molecule has 0 atom stereocenters. The van der Waals surface area contributed by atoms with Gasteiger partial charge in [-0.2, -0.15) is 0 Å². The van der Waals surface area contributed by atoms with Crippen molar-refractivity contribution in [1.82, 2.24) is 9.97 Å². The zero-order chi connectivity index (χ0) is 11.7. The third kappa shape index (κ3) is 2.64. The number of halogens is 1. The van der Waals surface area contributed by atoms with Gasteiger partial charge in [-0.25, -0.2) is 9.97 Å². The van der Waals surface area contributed by atoms with Crippen LogP contribution in [0.25, 0.3) is 0 Å². The number of nitrogens with zero attached hydrogens (tertiary/aromatic N) is 2. The zero-order valence-electron chi connectivity index (χ0n) is 9.23. The molecular formula is C13H12BrN3. The van der Waals surface area contributed by atoms with Gasteiger partial charge in [-0.05, 0) is 40.9 Å². The lowest BCUT2D eigenvalue weighted by Crippen LogP contribution is -1.99. The third-order valence-corrected chi connectivity index (χ3v) is 3.11. The summed E-state index contributed by atoms with van der Waals surface area (Å²) in [6, 6.07) is 11.9. The second-order valence-electron chi connectivity index (χ2n) is 4.20. The molecule has 3 rings (SSSR count). The normalized spacial score (nSPS) is 14.6. The standard InChI is InChI=1S/C13H12BrN3/c14-11-8-12(15-10-4-2-1-3-5-10)17-13(16-11)9-6-7-9/h1-5,8-9H,6-7H2,(H,15,16,17). The largest absolute Gasteiger partial charge is 0.340 e. The minimum atomic E-state index is 0.559. The Balaban J connectivity index is 1.87. The molecule has 0 spiro atoms. The van der Waals surface area contributed by atoms with Crippen molar-refractivity contribution >= 4 is 27.4 Å². The summed E-state index contributed by atoms with van der Waals surface area (Å²) < 4.78 is 0.841. The predicted molar refractivity (Wildman–Crippen MR) is 71.4 cm³/mol. The summed E-state index contributed by atoms with van der Waals surface area (Å²) in [5, 5.41) is 3.29. The molecule has 1 aromatic carbocycles. The van der Waals surface area contributed by atoms with Crippen LogP contribution in [0.3, 0.4) is 0 Å². The number of aromatic nitrogens is 2. The topological polar surface area (TPSA) is 37.8 Å². The van der Waals surface area contributed by atoms with E-state index in [1.807, 2.05) is 36.4 Å². The van der Waals surface area contributed by atoms with Crippen LogP contribution in [-0.4, -0.2) is 9.97 Å². The third-order valence-electron chi connectivity index (χ3n) is 2.70. The zero-order valence-corrected chi connectivity index (χ0v) is 10.8. The van der Waals surface area contributed by atoms with Gasteiger partial charge in [-0.1, -0.05) is 18.2 Å². The van der Waals surface area contributed by atoms with Crippen LogP contribution in [0.15, 0.2) is 41.0 Å². The van der Waals surface area contributed by atoms with Gasteiger partial charge >= 0.3 is 0 Å². The quantitative estimate of drug-likeness (QED) is 0.872. The van der Waals surface area contributed by atoms with Crippen molar-refractivity contribution < 1.29 is 0 Å². The summed E-state index contributed by atoms with van der Waals surface area (Å²) in [5.74, 6) is 2.35. The molecule has 17 heavy (non-hydrogen) atoms. The van der Waals surface area contributed by atoms with E-state index in [1.165, 1.54) is 12.8 Å². The molecule has 0 bridgehead atoms. The van der Waals surface area contributed by atoms with Crippen LogP contribution in [0.2, 0.25) is 0 Å². The summed E-state index contributed by atoms with van der Waals surface area (Å²) in [6.07, 6.45) is 2.42. The minimum Gasteiger partial charge on any atom is -0.340 e. The van der Waals surface area contributed by atoms with E-state index in [9.17, 15) is 0 Å². The van der Waals surface area contributed by atoms with Crippen LogP contribution >= 0.6 is 15.9 Å². The Morgan fingerprint density at radius 2 is 1.88 bits per heavy atom. The van der Waals surface area contributed by atoms with E-state index in [1.54, 1.807) is 0 Å². The van der Waals surface area contributed by atoms with Gasteiger partial charge in [0.1, 0.15) is 16.2 Å². The Hall–Kier alpha value is -1.42. The molecule has 1 aromatic heterocycles. The second kappa shape index (κ2) is 4.45. The van der Waals surface area contributed by atoms with Gasteiger partial charge in [0.05, 0.1) is 0 Å². The van der Waals surface area contributed by atoms with Crippen LogP contribution in [0.4, 0.5) is 11.5 Å². The maximum Gasteiger partial charge on any atom is 0.135 e. The van der Waals surface area contributed by atoms with E-state index >= 15 is 0 Å². The average molecular weight is 290 g/mol. The van der Waals surface area contributed by atoms with E-state index in [-0.39, 0.29) is 0 Å². The number of benzene rings is 1. The van der Waals surface area contributed by atoms with E-state index in [0.717, 1.165) is 21.9 Å². The number of anilines is 2. The van der Waals surface area contributed by atoms with Crippen molar-refractivity contribution in [2.24, 2.45) is 0 Å². The molecule has 86 valence electrons. The van der Waals surface area contributed by atoms with Crippen molar-refractivity contribution in [3.05, 3.63) is 46.8 Å². The molecule has 2 aromatic rings. The highest BCUT2D eigenvalue weighted by Gasteiger charge is 2.27. The molecule has 4 heteroatoms. The van der Waals surface area contributed by atoms with E-state index in [0.29, 0.717) is 5.92 Å². The van der Waals surface area contributed by atoms with Crippen molar-refractivity contribution in [1.29, 1.82) is 0 Å². The molecule has 0 radical (unpaired) electrons. The van der Waals surface area contributed by atoms with E-state index < -0.39 is 0 Å². The molecule has 1 heterocycles. The number of para-hydroxylation sites is 1. The molecule has 1 fully saturated rings. The van der Waals surface area contributed by atoms with Gasteiger partial charge in [0.25, 0.3) is 0 Å². The van der Waals surface area contributed by atoms with E-state index in [2.05, 4.69) is 31.2 Å². The minimum absolute atomic E-state index is 0.559. The van der Waals surface area contributed by atoms with E-state index in [4.69, 9.17) is 0 Å². The maximum atomic E-state index is 4.54. The highest BCUT2D eigenvalue weighted by atomic mass is 79.9. The molecule has 1 aliphatic rings. The highest BCUT2D eigenvalue weighted by molar-refractivity contribution is 9.10. The van der Waals surface area contributed by atoms with Crippen LogP contribution in [0, 0.1) is 0 Å². The highest BCUT2D eigenvalue weighted by Crippen LogP contribution is 2.38. The van der Waals surface area contributed by atoms with Crippen LogP contribution < -0.4 is 5.32 Å². The van der Waals surface area contributed by atoms with Crippen molar-refractivity contribution in [2.45, 2.75) is 18.8 Å². The fourth-order valence-corrected chi connectivity index (χ4v) is 2.09. The number of nitrogens with one attached hydrogen (secondary N) is 1. The summed E-state index contributed by atoms with van der Waals surface area (Å²) in [6.45, 7) is 0. The fraction of sp³-hybridized carbons (Fsp3) is 0.231. The van der Waals surface area contributed by atoms with Gasteiger partial charge in [0.15, 0.2) is 0 Å². The van der Waals surface area contributed by atoms with Crippen LogP contribution in [0.1, 0.15) is 24.6 Å². The maximum absolute atomic E-state index is 4.54. The summed E-state index contributed by atoms with van der Waals surface area (Å²) >= 11 is 3.43. The second-order valence-corrected chi connectivity index (χ2v) is 5.01. The van der Waals surface area contributed by atoms with Gasteiger partial charge in [-0.15, -0.1) is 0 Å². The first-order valence-electron chi connectivity index (χ1n) is 5.68. The Morgan fingerprint density at radius 1 is 1.12 bits per heavy atom. The monoisotopic (exact) mass is 289 g/mol. The van der Waals surface area contributed by atoms with Gasteiger partial charge in [0, 0.05) is 17.7 Å². The average Bonchev–Trinajstić information content (AvgIpc) is 3.13. The molecule has 1 N–H and O–H groups in total. The molecule has 0 saturated heterocycles. The molecule has 0 aliphatic heterocycles. The first-order valence-corrected chi connectivity index (χ1v) is 6.47. The molecule has 0 unspecified atom stereocenters. The molecule has 0 amide bonds. The van der Waals surface area contributed by atoms with Gasteiger partial charge in [0.2, 0.25) is 0 Å². The van der Waals surface area contributed by atoms with Crippen molar-refractivity contribution in [3.63, 3.8) is 0 Å². The van der Waals surface area contributed by atoms with Gasteiger partial charge in [-0.3, -0.25) is 0 Å². The van der Waals surface area contributed by atoms with Crippen LogP contribution in [0.5, 0.6) is 0 Å². The van der Waals surface area contributed by atoms with Crippen molar-refractivity contribution in [2.75, 3.05) is 5.32 Å². The van der Waals surface area contributed by atoms with Crippen molar-refractivity contribution in [3.8, 4) is 0 Å². The predicted octanol–water partition coefficient (Wildman–Crippen LogP) is 3.86. The first kappa shape index (κ1) is 10.7. The summed E-state index contributed by atoms with van der Waals surface area (Å²) in [7, 11) is 0. The fourth-order valence-electron chi connectivity index (χ4n) is 1.69. The summed E-state index contributed by atoms with van der Waals surface area (Å²) in [5.41, 5.74) is 1.04. The Morgan fingerprint density at radius 3 is 2.59 bits per heavy atom. The molecule has 1 aliphatic carbocycles. The first-order chi connectivity index (χ1) is 8.31. The Kier molecular flexibility index (Phi) is 2.81. The van der Waals surface area contributed by atoms with Gasteiger partial charge < -0.3 is 5.32 Å². The SMILES string of the molecule is Brc1cc(Nc2ccccc2)nc(C2CC2)n1. The van der Waals surface area contributed by atoms with Crippen LogP contribution in [-0.2, 0) is 0 Å². The lowest BCUT2D eigenvalue weighted by molar-refractivity contribution is 0.919. The number of hydrogen-bond donors (Lipinski definition) is 1. The summed E-state index contributed by atoms with van der Waals surface area (Å²) in [4.78, 5) is 8.94. The number of hydrogen-bond acceptors (Lipinski definition) is 3. The lowest BCUT2D eigenvalue weighted by atomic mass is 10.3.